The minimum atomic E-state index is 0.768. The van der Waals surface area contributed by atoms with Gasteiger partial charge in [0.25, 0.3) is 0 Å². The van der Waals surface area contributed by atoms with Crippen LogP contribution in [0.25, 0.3) is 0 Å². The maximum absolute atomic E-state index is 5.50. The van der Waals surface area contributed by atoms with Crippen molar-refractivity contribution in [2.24, 2.45) is 5.73 Å². The van der Waals surface area contributed by atoms with Crippen LogP contribution in [0.4, 0.5) is 0 Å². The molecule has 1 nitrogen and oxygen atoms in total. The molecule has 0 bridgehead atoms. The van der Waals surface area contributed by atoms with Gasteiger partial charge < -0.3 is 5.73 Å². The van der Waals surface area contributed by atoms with Crippen molar-refractivity contribution in [2.75, 3.05) is 6.54 Å². The van der Waals surface area contributed by atoms with E-state index in [2.05, 4.69) is 19.1 Å². The molecule has 0 aromatic heterocycles. The van der Waals surface area contributed by atoms with Crippen molar-refractivity contribution < 1.29 is 0 Å². The molecule has 0 atom stereocenters. The molecule has 1 aliphatic rings. The fourth-order valence-corrected chi connectivity index (χ4v) is 1.98. The van der Waals surface area contributed by atoms with Crippen LogP contribution in [-0.4, -0.2) is 6.54 Å². The molecular formula is C13H23N. The normalized spacial score (nSPS) is 19.9. The smallest absolute Gasteiger partial charge is 0.00424 e. The van der Waals surface area contributed by atoms with Crippen molar-refractivity contribution in [3.63, 3.8) is 0 Å². The second-order valence-electron chi connectivity index (χ2n) is 4.15. The van der Waals surface area contributed by atoms with Gasteiger partial charge in [0.15, 0.2) is 0 Å². The Bertz CT molecular complexity index is 213. The first-order valence-electron chi connectivity index (χ1n) is 5.91. The van der Waals surface area contributed by atoms with Gasteiger partial charge in [-0.15, -0.1) is 0 Å². The zero-order valence-corrected chi connectivity index (χ0v) is 9.39. The van der Waals surface area contributed by atoms with Gasteiger partial charge in [-0.3, -0.25) is 0 Å². The monoisotopic (exact) mass is 193 g/mol. The van der Waals surface area contributed by atoms with E-state index >= 15 is 0 Å². The molecule has 0 amide bonds. The average Bonchev–Trinajstić information content (AvgIpc) is 2.13. The van der Waals surface area contributed by atoms with Gasteiger partial charge in [0.05, 0.1) is 0 Å². The third kappa shape index (κ3) is 4.10. The lowest BCUT2D eigenvalue weighted by Gasteiger charge is -2.11. The van der Waals surface area contributed by atoms with Crippen LogP contribution in [0, 0.1) is 0 Å². The fraction of sp³-hybridized carbons (Fsp3) is 0.692. The minimum absolute atomic E-state index is 0.768. The van der Waals surface area contributed by atoms with E-state index in [0.29, 0.717) is 0 Å². The fourth-order valence-electron chi connectivity index (χ4n) is 1.98. The van der Waals surface area contributed by atoms with E-state index in [1.54, 1.807) is 5.57 Å². The zero-order valence-electron chi connectivity index (χ0n) is 9.39. The maximum Gasteiger partial charge on any atom is -0.00424 e. The highest BCUT2D eigenvalue weighted by atomic mass is 14.5. The molecule has 1 heteroatoms. The number of hydrogen-bond acceptors (Lipinski definition) is 1. The van der Waals surface area contributed by atoms with E-state index in [4.69, 9.17) is 5.73 Å². The molecule has 0 fully saturated rings. The van der Waals surface area contributed by atoms with Gasteiger partial charge in [0.2, 0.25) is 0 Å². The van der Waals surface area contributed by atoms with E-state index < -0.39 is 0 Å². The summed E-state index contributed by atoms with van der Waals surface area (Å²) < 4.78 is 0. The Labute approximate surface area is 88.1 Å². The van der Waals surface area contributed by atoms with Crippen LogP contribution in [0.2, 0.25) is 0 Å². The van der Waals surface area contributed by atoms with Crippen molar-refractivity contribution in [2.45, 2.75) is 51.9 Å². The molecule has 1 aliphatic carbocycles. The quantitative estimate of drug-likeness (QED) is 0.728. The Morgan fingerprint density at radius 1 is 1.36 bits per heavy atom. The minimum Gasteiger partial charge on any atom is -0.330 e. The summed E-state index contributed by atoms with van der Waals surface area (Å²) in [5.74, 6) is 0. The standard InChI is InChI=1S/C13H23N/c1-12(8-7-11-14)13-9-5-3-2-4-6-10-13/h8-9H,2-7,10-11,14H2,1H3. The summed E-state index contributed by atoms with van der Waals surface area (Å²) in [5.41, 5.74) is 8.52. The summed E-state index contributed by atoms with van der Waals surface area (Å²) >= 11 is 0. The molecule has 80 valence electrons. The van der Waals surface area contributed by atoms with E-state index in [0.717, 1.165) is 13.0 Å². The van der Waals surface area contributed by atoms with Crippen molar-refractivity contribution in [3.05, 3.63) is 23.3 Å². The Morgan fingerprint density at radius 2 is 2.14 bits per heavy atom. The number of hydrogen-bond donors (Lipinski definition) is 1. The van der Waals surface area contributed by atoms with Crippen LogP contribution < -0.4 is 5.73 Å². The first kappa shape index (κ1) is 11.5. The summed E-state index contributed by atoms with van der Waals surface area (Å²) in [7, 11) is 0. The highest BCUT2D eigenvalue weighted by Gasteiger charge is 2.03. The molecule has 14 heavy (non-hydrogen) atoms. The van der Waals surface area contributed by atoms with Crippen molar-refractivity contribution in [1.29, 1.82) is 0 Å². The molecule has 2 N–H and O–H groups in total. The molecule has 0 saturated heterocycles. The highest BCUT2D eigenvalue weighted by Crippen LogP contribution is 2.22. The highest BCUT2D eigenvalue weighted by molar-refractivity contribution is 5.29. The molecule has 0 heterocycles. The predicted molar refractivity (Wildman–Crippen MR) is 63.2 cm³/mol. The van der Waals surface area contributed by atoms with E-state index in [1.807, 2.05) is 0 Å². The lowest BCUT2D eigenvalue weighted by molar-refractivity contribution is 0.627. The van der Waals surface area contributed by atoms with Crippen LogP contribution in [-0.2, 0) is 0 Å². The summed E-state index contributed by atoms with van der Waals surface area (Å²) in [6.45, 7) is 2.99. The maximum atomic E-state index is 5.50. The van der Waals surface area contributed by atoms with Gasteiger partial charge in [-0.05, 0) is 51.1 Å². The molecular weight excluding hydrogens is 170 g/mol. The average molecular weight is 193 g/mol. The zero-order chi connectivity index (χ0) is 10.2. The largest absolute Gasteiger partial charge is 0.330 e. The van der Waals surface area contributed by atoms with Gasteiger partial charge in [-0.25, -0.2) is 0 Å². The summed E-state index contributed by atoms with van der Waals surface area (Å²) in [6, 6.07) is 0. The van der Waals surface area contributed by atoms with E-state index in [-0.39, 0.29) is 0 Å². The molecule has 0 spiro atoms. The van der Waals surface area contributed by atoms with Crippen molar-refractivity contribution >= 4 is 0 Å². The molecule has 0 unspecified atom stereocenters. The number of nitrogens with two attached hydrogens (primary N) is 1. The second-order valence-corrected chi connectivity index (χ2v) is 4.15. The molecule has 0 saturated carbocycles. The van der Waals surface area contributed by atoms with Crippen LogP contribution in [0.3, 0.4) is 0 Å². The summed E-state index contributed by atoms with van der Waals surface area (Å²) in [6.07, 6.45) is 13.8. The second kappa shape index (κ2) is 6.83. The lowest BCUT2D eigenvalue weighted by Crippen LogP contribution is -1.97. The third-order valence-electron chi connectivity index (χ3n) is 2.91. The van der Waals surface area contributed by atoms with Crippen LogP contribution in [0.1, 0.15) is 51.9 Å². The van der Waals surface area contributed by atoms with Gasteiger partial charge in [0.1, 0.15) is 0 Å². The topological polar surface area (TPSA) is 26.0 Å². The van der Waals surface area contributed by atoms with E-state index in [9.17, 15) is 0 Å². The van der Waals surface area contributed by atoms with Crippen molar-refractivity contribution in [3.8, 4) is 0 Å². The number of rotatable bonds is 3. The Morgan fingerprint density at radius 3 is 2.93 bits per heavy atom. The summed E-state index contributed by atoms with van der Waals surface area (Å²) in [5, 5.41) is 0. The Balaban J connectivity index is 2.53. The lowest BCUT2D eigenvalue weighted by atomic mass is 9.95. The molecule has 0 aromatic rings. The van der Waals surface area contributed by atoms with E-state index in [1.165, 1.54) is 44.1 Å². The van der Waals surface area contributed by atoms with Gasteiger partial charge >= 0.3 is 0 Å². The molecule has 0 aromatic carbocycles. The molecule has 1 rings (SSSR count). The van der Waals surface area contributed by atoms with Gasteiger partial charge in [-0.2, -0.15) is 0 Å². The SMILES string of the molecule is CC(=CCCN)C1=CCCCCCC1. The van der Waals surface area contributed by atoms with Crippen LogP contribution in [0.5, 0.6) is 0 Å². The van der Waals surface area contributed by atoms with Crippen molar-refractivity contribution in [1.82, 2.24) is 0 Å². The van der Waals surface area contributed by atoms with Crippen LogP contribution >= 0.6 is 0 Å². The Hall–Kier alpha value is -0.560. The first-order valence-corrected chi connectivity index (χ1v) is 5.91. The number of allylic oxidation sites excluding steroid dienone is 3. The third-order valence-corrected chi connectivity index (χ3v) is 2.91. The van der Waals surface area contributed by atoms with Crippen LogP contribution in [0.15, 0.2) is 23.3 Å². The Kier molecular flexibility index (Phi) is 5.62. The summed E-state index contributed by atoms with van der Waals surface area (Å²) in [4.78, 5) is 0. The predicted octanol–water partition coefficient (Wildman–Crippen LogP) is 3.56. The first-order chi connectivity index (χ1) is 6.84. The molecule has 0 aliphatic heterocycles. The van der Waals surface area contributed by atoms with Gasteiger partial charge in [-0.1, -0.05) is 30.6 Å². The molecule has 0 radical (unpaired) electrons. The van der Waals surface area contributed by atoms with Gasteiger partial charge in [0, 0.05) is 0 Å².